The number of rotatable bonds is 19. The van der Waals surface area contributed by atoms with Crippen molar-refractivity contribution in [3.05, 3.63) is 0 Å². The Morgan fingerprint density at radius 1 is 0.818 bits per heavy atom. The molecule has 14 heteroatoms. The molecule has 0 aromatic rings. The molecule has 0 aromatic carbocycles. The second-order valence-corrected chi connectivity index (χ2v) is 11.8. The van der Waals surface area contributed by atoms with E-state index in [1.165, 1.54) is 25.7 Å². The molecule has 2 aliphatic rings. The summed E-state index contributed by atoms with van der Waals surface area (Å²) in [5.41, 5.74) is 0. The third-order valence-electron chi connectivity index (χ3n) is 7.75. The summed E-state index contributed by atoms with van der Waals surface area (Å²) in [7, 11) is 0. The lowest BCUT2D eigenvalue weighted by atomic mass is 9.97. The van der Waals surface area contributed by atoms with E-state index in [-0.39, 0.29) is 6.42 Å². The predicted octanol–water partition coefficient (Wildman–Crippen LogP) is 0.854. The minimum absolute atomic E-state index is 0.00639. The van der Waals surface area contributed by atoms with Crippen LogP contribution in [0.25, 0.3) is 0 Å². The molecule has 14 nitrogen and oxygen atoms in total. The minimum Gasteiger partial charge on any atom is -0.460 e. The number of carbonyl (C=O) groups is 3. The highest BCUT2D eigenvalue weighted by atomic mass is 16.8. The van der Waals surface area contributed by atoms with E-state index in [9.17, 15) is 39.9 Å². The van der Waals surface area contributed by atoms with Crippen LogP contribution >= 0.6 is 0 Å². The first-order valence-electron chi connectivity index (χ1n) is 15.7. The Labute approximate surface area is 258 Å². The molecule has 256 valence electrons. The Bertz CT molecular complexity index is 884. The van der Waals surface area contributed by atoms with E-state index in [4.69, 9.17) is 28.4 Å². The van der Waals surface area contributed by atoms with Crippen molar-refractivity contribution in [2.24, 2.45) is 5.92 Å². The molecule has 2 aliphatic heterocycles. The van der Waals surface area contributed by atoms with Crippen molar-refractivity contribution in [3.63, 3.8) is 0 Å². The van der Waals surface area contributed by atoms with Crippen molar-refractivity contribution in [2.45, 2.75) is 147 Å². The van der Waals surface area contributed by atoms with Crippen LogP contribution in [0.3, 0.4) is 0 Å². The van der Waals surface area contributed by atoms with Crippen LogP contribution in [0, 0.1) is 5.92 Å². The Balaban J connectivity index is 2.26. The zero-order valence-corrected chi connectivity index (χ0v) is 26.3. The standard InChI is InChI=1S/C30H52O14/c1-5-6-7-8-9-10-11-12-13-14-22(34)41-26-25(42-28(38)18(2)3)23(35)20(15-31)40-29(26)44-30(17-39-19(4)33)27(37)24(36)21(16-32)43-30/h18,20-21,23-27,29,31-32,35-37H,5-17H2,1-4H3. The van der Waals surface area contributed by atoms with Crippen molar-refractivity contribution in [2.75, 3.05) is 19.8 Å². The molecule has 5 N–H and O–H groups in total. The smallest absolute Gasteiger partial charge is 0.308 e. The van der Waals surface area contributed by atoms with E-state index >= 15 is 0 Å². The average molecular weight is 637 g/mol. The van der Waals surface area contributed by atoms with Crippen LogP contribution in [-0.2, 0) is 42.8 Å². The molecule has 0 bridgehead atoms. The molecule has 0 spiro atoms. The second-order valence-electron chi connectivity index (χ2n) is 11.8. The summed E-state index contributed by atoms with van der Waals surface area (Å²) in [5.74, 6) is -5.20. The van der Waals surface area contributed by atoms with E-state index < -0.39 is 98.5 Å². The lowest BCUT2D eigenvalue weighted by Gasteiger charge is -2.45. The van der Waals surface area contributed by atoms with Gasteiger partial charge in [0.25, 0.3) is 0 Å². The predicted molar refractivity (Wildman–Crippen MR) is 153 cm³/mol. The molecule has 0 radical (unpaired) electrons. The highest BCUT2D eigenvalue weighted by molar-refractivity contribution is 5.72. The first kappa shape index (κ1) is 38.3. The second kappa shape index (κ2) is 18.9. The Morgan fingerprint density at radius 3 is 1.93 bits per heavy atom. The van der Waals surface area contributed by atoms with Gasteiger partial charge in [-0.25, -0.2) is 0 Å². The first-order chi connectivity index (χ1) is 20.9. The van der Waals surface area contributed by atoms with Gasteiger partial charge in [-0.3, -0.25) is 14.4 Å². The Kier molecular flexibility index (Phi) is 16.5. The molecule has 0 saturated carbocycles. The first-order valence-corrected chi connectivity index (χ1v) is 15.7. The molecule has 44 heavy (non-hydrogen) atoms. The van der Waals surface area contributed by atoms with Gasteiger partial charge in [0, 0.05) is 13.3 Å². The quantitative estimate of drug-likeness (QED) is 0.0757. The Hall–Kier alpha value is -1.91. The van der Waals surface area contributed by atoms with Crippen molar-refractivity contribution >= 4 is 17.9 Å². The van der Waals surface area contributed by atoms with Crippen molar-refractivity contribution < 1.29 is 68.3 Å². The van der Waals surface area contributed by atoms with E-state index in [1.807, 2.05) is 0 Å². The summed E-state index contributed by atoms with van der Waals surface area (Å²) in [5, 5.41) is 51.9. The van der Waals surface area contributed by atoms with Gasteiger partial charge in [0.05, 0.1) is 19.1 Å². The molecular weight excluding hydrogens is 584 g/mol. The van der Waals surface area contributed by atoms with Crippen LogP contribution in [0.4, 0.5) is 0 Å². The summed E-state index contributed by atoms with van der Waals surface area (Å²) in [6.45, 7) is 4.09. The summed E-state index contributed by atoms with van der Waals surface area (Å²) in [4.78, 5) is 37.2. The van der Waals surface area contributed by atoms with E-state index in [0.29, 0.717) is 6.42 Å². The summed E-state index contributed by atoms with van der Waals surface area (Å²) < 4.78 is 33.4. The van der Waals surface area contributed by atoms with Gasteiger partial charge in [0.1, 0.15) is 37.1 Å². The summed E-state index contributed by atoms with van der Waals surface area (Å²) in [6, 6.07) is 0. The normalized spacial score (nSPS) is 32.0. The number of carbonyl (C=O) groups excluding carboxylic acids is 3. The molecule has 9 unspecified atom stereocenters. The van der Waals surface area contributed by atoms with Gasteiger partial charge in [0.15, 0.2) is 12.2 Å². The molecule has 2 rings (SSSR count). The van der Waals surface area contributed by atoms with Gasteiger partial charge in [0.2, 0.25) is 12.1 Å². The van der Waals surface area contributed by atoms with Gasteiger partial charge < -0.3 is 54.0 Å². The monoisotopic (exact) mass is 636 g/mol. The van der Waals surface area contributed by atoms with E-state index in [0.717, 1.165) is 32.6 Å². The van der Waals surface area contributed by atoms with E-state index in [1.54, 1.807) is 13.8 Å². The largest absolute Gasteiger partial charge is 0.460 e. The number of esters is 3. The van der Waals surface area contributed by atoms with Gasteiger partial charge >= 0.3 is 17.9 Å². The zero-order chi connectivity index (χ0) is 32.9. The van der Waals surface area contributed by atoms with Gasteiger partial charge in [-0.1, -0.05) is 72.1 Å². The fourth-order valence-electron chi connectivity index (χ4n) is 5.11. The molecule has 9 atom stereocenters. The van der Waals surface area contributed by atoms with Crippen molar-refractivity contribution in [3.8, 4) is 0 Å². The van der Waals surface area contributed by atoms with E-state index in [2.05, 4.69) is 6.92 Å². The molecular formula is C30H52O14. The van der Waals surface area contributed by atoms with Crippen LogP contribution in [0.2, 0.25) is 0 Å². The number of hydrogen-bond donors (Lipinski definition) is 5. The molecule has 0 aliphatic carbocycles. The molecule has 0 amide bonds. The maximum atomic E-state index is 13.0. The fraction of sp³-hybridized carbons (Fsp3) is 0.900. The average Bonchev–Trinajstić information content (AvgIpc) is 3.22. The molecule has 2 saturated heterocycles. The van der Waals surface area contributed by atoms with Gasteiger partial charge in [-0.15, -0.1) is 0 Å². The van der Waals surface area contributed by atoms with Crippen LogP contribution in [0.15, 0.2) is 0 Å². The third-order valence-corrected chi connectivity index (χ3v) is 7.75. The lowest BCUT2D eigenvalue weighted by molar-refractivity contribution is -0.384. The van der Waals surface area contributed by atoms with Crippen molar-refractivity contribution in [1.29, 1.82) is 0 Å². The SMILES string of the molecule is CCCCCCCCCCCC(=O)OC1C(OC2(COC(C)=O)OC(CO)C(O)C2O)OC(CO)C(O)C1OC(=O)C(C)C. The lowest BCUT2D eigenvalue weighted by Crippen LogP contribution is -2.64. The van der Waals surface area contributed by atoms with Crippen LogP contribution < -0.4 is 0 Å². The summed E-state index contributed by atoms with van der Waals surface area (Å²) >= 11 is 0. The maximum Gasteiger partial charge on any atom is 0.308 e. The highest BCUT2D eigenvalue weighted by Crippen LogP contribution is 2.38. The van der Waals surface area contributed by atoms with Gasteiger partial charge in [-0.2, -0.15) is 0 Å². The zero-order valence-electron chi connectivity index (χ0n) is 26.3. The van der Waals surface area contributed by atoms with Crippen molar-refractivity contribution in [1.82, 2.24) is 0 Å². The number of unbranched alkanes of at least 4 members (excludes halogenated alkanes) is 8. The van der Waals surface area contributed by atoms with Crippen LogP contribution in [0.5, 0.6) is 0 Å². The topological polar surface area (TPSA) is 208 Å². The van der Waals surface area contributed by atoms with Gasteiger partial charge in [-0.05, 0) is 6.42 Å². The minimum atomic E-state index is -2.33. The third kappa shape index (κ3) is 10.9. The number of hydrogen-bond acceptors (Lipinski definition) is 14. The number of aliphatic hydroxyl groups is 5. The Morgan fingerprint density at radius 2 is 1.41 bits per heavy atom. The molecule has 2 fully saturated rings. The maximum absolute atomic E-state index is 13.0. The fourth-order valence-corrected chi connectivity index (χ4v) is 5.11. The number of aliphatic hydroxyl groups excluding tert-OH is 5. The van der Waals surface area contributed by atoms with Crippen LogP contribution in [-0.4, -0.2) is 118 Å². The number of ether oxygens (including phenoxy) is 6. The van der Waals surface area contributed by atoms with Crippen LogP contribution in [0.1, 0.15) is 91.9 Å². The molecule has 0 aromatic heterocycles. The molecule has 2 heterocycles. The highest BCUT2D eigenvalue weighted by Gasteiger charge is 2.60. The summed E-state index contributed by atoms with van der Waals surface area (Å²) in [6.07, 6.45) is -3.69.